The van der Waals surface area contributed by atoms with Gasteiger partial charge in [-0.3, -0.25) is 0 Å². The molecule has 0 bridgehead atoms. The fourth-order valence-electron chi connectivity index (χ4n) is 1.89. The molecule has 1 aromatic heterocycles. The Hall–Kier alpha value is -1.51. The van der Waals surface area contributed by atoms with Crippen LogP contribution in [-0.4, -0.2) is 10.1 Å². The minimum absolute atomic E-state index is 0.136. The number of hydrogen-bond donors (Lipinski definition) is 1. The Kier molecular flexibility index (Phi) is 2.35. The number of aromatic nitrogens is 1. The molecule has 84 valence electrons. The lowest BCUT2D eigenvalue weighted by molar-refractivity contribution is 0.481. The highest BCUT2D eigenvalue weighted by Gasteiger charge is 2.10. The number of aromatic hydroxyl groups is 1. The number of halogens is 2. The molecule has 0 amide bonds. The fraction of sp³-hybridized carbons (Fsp3) is 0. The number of nitrogens with zero attached hydrogens (tertiary/aromatic N) is 1. The van der Waals surface area contributed by atoms with E-state index in [-0.39, 0.29) is 5.75 Å². The zero-order chi connectivity index (χ0) is 12.0. The number of benzene rings is 2. The second kappa shape index (κ2) is 3.76. The SMILES string of the molecule is Oc1cccc2nc3cc(Cl)ccc3c(Cl)c12. The molecule has 0 atom stereocenters. The maximum atomic E-state index is 9.82. The van der Waals surface area contributed by atoms with E-state index in [1.807, 2.05) is 0 Å². The van der Waals surface area contributed by atoms with Gasteiger partial charge in [-0.15, -0.1) is 0 Å². The maximum Gasteiger partial charge on any atom is 0.126 e. The molecule has 1 heterocycles. The van der Waals surface area contributed by atoms with Gasteiger partial charge in [0.15, 0.2) is 0 Å². The Morgan fingerprint density at radius 1 is 1.00 bits per heavy atom. The highest BCUT2D eigenvalue weighted by atomic mass is 35.5. The van der Waals surface area contributed by atoms with E-state index in [2.05, 4.69) is 4.98 Å². The van der Waals surface area contributed by atoms with Crippen molar-refractivity contribution in [2.75, 3.05) is 0 Å². The van der Waals surface area contributed by atoms with Crippen molar-refractivity contribution in [3.8, 4) is 5.75 Å². The van der Waals surface area contributed by atoms with Crippen LogP contribution in [0.2, 0.25) is 10.0 Å². The number of fused-ring (bicyclic) bond motifs is 2. The third-order valence-corrected chi connectivity index (χ3v) is 3.30. The molecule has 4 heteroatoms. The molecule has 0 fully saturated rings. The molecule has 3 aromatic rings. The quantitative estimate of drug-likeness (QED) is 0.610. The van der Waals surface area contributed by atoms with Crippen LogP contribution in [0.15, 0.2) is 36.4 Å². The van der Waals surface area contributed by atoms with Crippen LogP contribution in [0.3, 0.4) is 0 Å². The lowest BCUT2D eigenvalue weighted by Crippen LogP contribution is -1.85. The maximum absolute atomic E-state index is 9.82. The van der Waals surface area contributed by atoms with Crippen LogP contribution in [0.4, 0.5) is 0 Å². The summed E-state index contributed by atoms with van der Waals surface area (Å²) < 4.78 is 0. The van der Waals surface area contributed by atoms with E-state index in [1.54, 1.807) is 36.4 Å². The standard InChI is InChI=1S/C13H7Cl2NO/c14-7-4-5-8-10(6-7)16-9-2-1-3-11(17)12(9)13(8)15/h1-6,17H. The van der Waals surface area contributed by atoms with E-state index in [0.29, 0.717) is 20.9 Å². The van der Waals surface area contributed by atoms with Crippen molar-refractivity contribution in [1.82, 2.24) is 4.98 Å². The second-order valence-corrected chi connectivity index (χ2v) is 4.57. The van der Waals surface area contributed by atoms with Crippen molar-refractivity contribution >= 4 is 45.0 Å². The molecule has 2 aromatic carbocycles. The Labute approximate surface area is 107 Å². The topological polar surface area (TPSA) is 33.1 Å². The van der Waals surface area contributed by atoms with Gasteiger partial charge in [0.05, 0.1) is 21.4 Å². The van der Waals surface area contributed by atoms with Crippen LogP contribution in [-0.2, 0) is 0 Å². The first kappa shape index (κ1) is 10.6. The summed E-state index contributed by atoms with van der Waals surface area (Å²) in [6.07, 6.45) is 0. The summed E-state index contributed by atoms with van der Waals surface area (Å²) in [5.41, 5.74) is 1.38. The van der Waals surface area contributed by atoms with Crippen LogP contribution < -0.4 is 0 Å². The van der Waals surface area contributed by atoms with Crippen molar-refractivity contribution in [3.05, 3.63) is 46.4 Å². The Morgan fingerprint density at radius 2 is 1.82 bits per heavy atom. The molecule has 0 saturated heterocycles. The van der Waals surface area contributed by atoms with Crippen molar-refractivity contribution in [2.24, 2.45) is 0 Å². The van der Waals surface area contributed by atoms with E-state index in [4.69, 9.17) is 23.2 Å². The van der Waals surface area contributed by atoms with Crippen LogP contribution in [0.25, 0.3) is 21.8 Å². The van der Waals surface area contributed by atoms with Crippen LogP contribution in [0, 0.1) is 0 Å². The summed E-state index contributed by atoms with van der Waals surface area (Å²) in [6, 6.07) is 10.4. The predicted molar refractivity (Wildman–Crippen MR) is 70.9 cm³/mol. The van der Waals surface area contributed by atoms with Crippen molar-refractivity contribution in [3.63, 3.8) is 0 Å². The molecule has 2 nitrogen and oxygen atoms in total. The minimum Gasteiger partial charge on any atom is -0.507 e. The predicted octanol–water partition coefficient (Wildman–Crippen LogP) is 4.40. The molecule has 0 saturated carbocycles. The van der Waals surface area contributed by atoms with Gasteiger partial charge >= 0.3 is 0 Å². The largest absolute Gasteiger partial charge is 0.507 e. The molecule has 3 rings (SSSR count). The number of rotatable bonds is 0. The fourth-order valence-corrected chi connectivity index (χ4v) is 2.41. The van der Waals surface area contributed by atoms with Crippen molar-refractivity contribution in [2.45, 2.75) is 0 Å². The van der Waals surface area contributed by atoms with Gasteiger partial charge in [-0.05, 0) is 30.3 Å². The lowest BCUT2D eigenvalue weighted by Gasteiger charge is -2.06. The Balaban J connectivity index is 2.57. The highest BCUT2D eigenvalue weighted by molar-refractivity contribution is 6.41. The zero-order valence-corrected chi connectivity index (χ0v) is 10.1. The lowest BCUT2D eigenvalue weighted by atomic mass is 10.1. The van der Waals surface area contributed by atoms with Crippen LogP contribution >= 0.6 is 23.2 Å². The third kappa shape index (κ3) is 1.61. The van der Waals surface area contributed by atoms with Gasteiger partial charge in [-0.2, -0.15) is 0 Å². The van der Waals surface area contributed by atoms with Gasteiger partial charge < -0.3 is 5.11 Å². The van der Waals surface area contributed by atoms with Gasteiger partial charge in [-0.1, -0.05) is 29.3 Å². The molecule has 0 unspecified atom stereocenters. The summed E-state index contributed by atoms with van der Waals surface area (Å²) in [6.45, 7) is 0. The molecular weight excluding hydrogens is 257 g/mol. The number of phenolic OH excluding ortho intramolecular Hbond substituents is 1. The van der Waals surface area contributed by atoms with Gasteiger partial charge in [0.1, 0.15) is 5.75 Å². The molecule has 17 heavy (non-hydrogen) atoms. The average molecular weight is 264 g/mol. The summed E-state index contributed by atoms with van der Waals surface area (Å²) in [7, 11) is 0. The van der Waals surface area contributed by atoms with E-state index in [1.165, 1.54) is 0 Å². The van der Waals surface area contributed by atoms with E-state index < -0.39 is 0 Å². The first-order valence-corrected chi connectivity index (χ1v) is 5.79. The average Bonchev–Trinajstić information content (AvgIpc) is 2.28. The van der Waals surface area contributed by atoms with Gasteiger partial charge in [0, 0.05) is 10.4 Å². The molecular formula is C13H7Cl2NO. The van der Waals surface area contributed by atoms with Gasteiger partial charge in [-0.25, -0.2) is 4.98 Å². The normalized spacial score (nSPS) is 11.2. The van der Waals surface area contributed by atoms with Gasteiger partial charge in [0.2, 0.25) is 0 Å². The monoisotopic (exact) mass is 263 g/mol. The van der Waals surface area contributed by atoms with Crippen molar-refractivity contribution < 1.29 is 5.11 Å². The van der Waals surface area contributed by atoms with E-state index in [9.17, 15) is 5.11 Å². The molecule has 0 aliphatic rings. The first-order valence-electron chi connectivity index (χ1n) is 5.03. The molecule has 0 radical (unpaired) electrons. The number of pyridine rings is 1. The molecule has 1 N–H and O–H groups in total. The molecule has 0 aliphatic carbocycles. The molecule has 0 spiro atoms. The van der Waals surface area contributed by atoms with Gasteiger partial charge in [0.25, 0.3) is 0 Å². The summed E-state index contributed by atoms with van der Waals surface area (Å²) in [5, 5.41) is 12.3. The highest BCUT2D eigenvalue weighted by Crippen LogP contribution is 2.36. The van der Waals surface area contributed by atoms with Crippen molar-refractivity contribution in [1.29, 1.82) is 0 Å². The summed E-state index contributed by atoms with van der Waals surface area (Å²) in [5.74, 6) is 0.136. The zero-order valence-electron chi connectivity index (χ0n) is 8.61. The third-order valence-electron chi connectivity index (χ3n) is 2.68. The smallest absolute Gasteiger partial charge is 0.126 e. The van der Waals surface area contributed by atoms with Crippen LogP contribution in [0.5, 0.6) is 5.75 Å². The molecule has 0 aliphatic heterocycles. The van der Waals surface area contributed by atoms with E-state index in [0.717, 1.165) is 10.9 Å². The minimum atomic E-state index is 0.136. The number of hydrogen-bond acceptors (Lipinski definition) is 2. The number of phenols is 1. The van der Waals surface area contributed by atoms with E-state index >= 15 is 0 Å². The first-order chi connectivity index (χ1) is 8.16. The summed E-state index contributed by atoms with van der Waals surface area (Å²) in [4.78, 5) is 4.43. The summed E-state index contributed by atoms with van der Waals surface area (Å²) >= 11 is 12.2. The Bertz CT molecular complexity index is 739. The Morgan fingerprint density at radius 3 is 2.65 bits per heavy atom. The second-order valence-electron chi connectivity index (χ2n) is 3.76. The van der Waals surface area contributed by atoms with Crippen LogP contribution in [0.1, 0.15) is 0 Å².